The van der Waals surface area contributed by atoms with E-state index in [4.69, 9.17) is 14.9 Å². The van der Waals surface area contributed by atoms with Crippen molar-refractivity contribution in [3.05, 3.63) is 58.7 Å². The van der Waals surface area contributed by atoms with Crippen molar-refractivity contribution in [2.45, 2.75) is 12.4 Å². The third-order valence-electron chi connectivity index (χ3n) is 3.28. The second-order valence-corrected chi connectivity index (χ2v) is 5.10. The number of hydrogen-bond acceptors (Lipinski definition) is 3. The Kier molecular flexibility index (Phi) is 5.07. The summed E-state index contributed by atoms with van der Waals surface area (Å²) in [5.74, 6) is -5.98. The zero-order valence-corrected chi connectivity index (χ0v) is 12.9. The molecule has 2 rings (SSSR count). The van der Waals surface area contributed by atoms with Crippen LogP contribution in [0, 0.1) is 0 Å². The van der Waals surface area contributed by atoms with Crippen molar-refractivity contribution in [1.29, 1.82) is 0 Å². The van der Waals surface area contributed by atoms with Gasteiger partial charge in [0.25, 0.3) is 0 Å². The van der Waals surface area contributed by atoms with E-state index in [1.807, 2.05) is 0 Å². The zero-order chi connectivity index (χ0) is 20.6. The highest BCUT2D eigenvalue weighted by Crippen LogP contribution is 2.41. The van der Waals surface area contributed by atoms with E-state index < -0.39 is 58.0 Å². The molecule has 0 saturated carbocycles. The first kappa shape index (κ1) is 20.1. The molecule has 5 nitrogen and oxygen atoms in total. The van der Waals surface area contributed by atoms with E-state index in [2.05, 4.69) is 0 Å². The van der Waals surface area contributed by atoms with Gasteiger partial charge in [0.05, 0.1) is 22.3 Å². The number of benzene rings is 2. The van der Waals surface area contributed by atoms with Gasteiger partial charge in [-0.15, -0.1) is 0 Å². The molecule has 0 radical (unpaired) electrons. The second kappa shape index (κ2) is 6.82. The topological polar surface area (TPSA) is 83.8 Å². The van der Waals surface area contributed by atoms with E-state index in [1.165, 1.54) is 0 Å². The lowest BCUT2D eigenvalue weighted by atomic mass is 9.99. The lowest BCUT2D eigenvalue weighted by molar-refractivity contribution is -0.139. The first-order chi connectivity index (χ1) is 12.3. The van der Waals surface area contributed by atoms with Gasteiger partial charge in [-0.25, -0.2) is 9.59 Å². The normalized spacial score (nSPS) is 11.9. The molecule has 0 aliphatic rings. The molecule has 0 aliphatic heterocycles. The van der Waals surface area contributed by atoms with Crippen LogP contribution in [0.3, 0.4) is 0 Å². The summed E-state index contributed by atoms with van der Waals surface area (Å²) in [6, 6.07) is 4.12. The van der Waals surface area contributed by atoms with Gasteiger partial charge >= 0.3 is 24.3 Å². The summed E-state index contributed by atoms with van der Waals surface area (Å²) < 4.78 is 83.2. The number of aromatic carboxylic acids is 2. The smallest absolute Gasteiger partial charge is 0.419 e. The van der Waals surface area contributed by atoms with E-state index in [1.54, 1.807) is 0 Å². The molecule has 0 saturated heterocycles. The molecule has 2 N–H and O–H groups in total. The minimum Gasteiger partial charge on any atom is -0.478 e. The van der Waals surface area contributed by atoms with Gasteiger partial charge in [-0.3, -0.25) is 0 Å². The molecule has 0 heterocycles. The highest BCUT2D eigenvalue weighted by Gasteiger charge is 2.39. The quantitative estimate of drug-likeness (QED) is 0.720. The van der Waals surface area contributed by atoms with Crippen LogP contribution in [0.1, 0.15) is 31.8 Å². The summed E-state index contributed by atoms with van der Waals surface area (Å²) in [6.45, 7) is 0. The first-order valence-corrected chi connectivity index (χ1v) is 6.88. The van der Waals surface area contributed by atoms with Crippen LogP contribution in [-0.4, -0.2) is 22.2 Å². The number of carboxylic acid groups (broad SMARTS) is 2. The van der Waals surface area contributed by atoms with Crippen LogP contribution in [0.4, 0.5) is 26.3 Å². The van der Waals surface area contributed by atoms with E-state index in [-0.39, 0.29) is 6.07 Å². The van der Waals surface area contributed by atoms with Gasteiger partial charge in [0.2, 0.25) is 0 Å². The Bertz CT molecular complexity index is 901. The zero-order valence-electron chi connectivity index (χ0n) is 12.9. The Morgan fingerprint density at radius 3 is 1.85 bits per heavy atom. The lowest BCUT2D eigenvalue weighted by Gasteiger charge is -2.17. The molecule has 27 heavy (non-hydrogen) atoms. The third-order valence-corrected chi connectivity index (χ3v) is 3.28. The summed E-state index contributed by atoms with van der Waals surface area (Å²) in [5.41, 5.74) is -6.00. The van der Waals surface area contributed by atoms with Gasteiger partial charge in [0.15, 0.2) is 0 Å². The molecular weight excluding hydrogens is 386 g/mol. The van der Waals surface area contributed by atoms with Gasteiger partial charge in [-0.2, -0.15) is 26.3 Å². The fourth-order valence-electron chi connectivity index (χ4n) is 2.21. The summed E-state index contributed by atoms with van der Waals surface area (Å²) in [4.78, 5) is 22.3. The van der Waals surface area contributed by atoms with Crippen LogP contribution >= 0.6 is 0 Å². The number of para-hydroxylation sites is 1. The highest BCUT2D eigenvalue weighted by atomic mass is 19.4. The predicted molar refractivity (Wildman–Crippen MR) is 76.9 cm³/mol. The minimum atomic E-state index is -5.29. The van der Waals surface area contributed by atoms with Gasteiger partial charge in [-0.05, 0) is 24.3 Å². The molecule has 0 spiro atoms. The second-order valence-electron chi connectivity index (χ2n) is 5.10. The van der Waals surface area contributed by atoms with Crippen molar-refractivity contribution >= 4 is 11.9 Å². The van der Waals surface area contributed by atoms with Crippen LogP contribution in [0.25, 0.3) is 0 Å². The van der Waals surface area contributed by atoms with Crippen molar-refractivity contribution < 1.29 is 50.9 Å². The predicted octanol–water partition coefficient (Wildman–Crippen LogP) is 4.91. The average molecular weight is 394 g/mol. The molecule has 2 aromatic rings. The fraction of sp³-hybridized carbons (Fsp3) is 0.125. The molecule has 0 aliphatic carbocycles. The summed E-state index contributed by atoms with van der Waals surface area (Å²) >= 11 is 0. The monoisotopic (exact) mass is 394 g/mol. The van der Waals surface area contributed by atoms with Crippen LogP contribution in [0.15, 0.2) is 36.4 Å². The van der Waals surface area contributed by atoms with E-state index in [9.17, 15) is 35.9 Å². The number of alkyl halides is 6. The number of carbonyl (C=O) groups is 2. The molecule has 0 amide bonds. The number of carboxylic acids is 2. The maximum absolute atomic E-state index is 13.1. The van der Waals surface area contributed by atoms with E-state index >= 15 is 0 Å². The van der Waals surface area contributed by atoms with Crippen LogP contribution in [0.5, 0.6) is 11.5 Å². The van der Waals surface area contributed by atoms with Gasteiger partial charge in [0.1, 0.15) is 11.5 Å². The Hall–Kier alpha value is -3.24. The number of ether oxygens (including phenoxy) is 1. The Labute approximate surface area is 146 Å². The summed E-state index contributed by atoms with van der Waals surface area (Å²) in [6.07, 6.45) is -10.2. The number of hydrogen-bond donors (Lipinski definition) is 2. The van der Waals surface area contributed by atoms with Gasteiger partial charge in [-0.1, -0.05) is 12.1 Å². The Morgan fingerprint density at radius 2 is 1.37 bits per heavy atom. The SMILES string of the molecule is O=C(O)c1cc(Oc2ccccc2C(F)(F)F)cc(C(F)(F)F)c1C(=O)O. The fourth-order valence-corrected chi connectivity index (χ4v) is 2.21. The molecule has 0 aromatic heterocycles. The molecule has 0 atom stereocenters. The lowest BCUT2D eigenvalue weighted by Crippen LogP contribution is -2.18. The van der Waals surface area contributed by atoms with Crippen molar-refractivity contribution in [2.24, 2.45) is 0 Å². The van der Waals surface area contributed by atoms with E-state index in [0.717, 1.165) is 18.2 Å². The van der Waals surface area contributed by atoms with Crippen LogP contribution < -0.4 is 4.74 Å². The average Bonchev–Trinajstić information content (AvgIpc) is 2.52. The molecule has 0 fully saturated rings. The largest absolute Gasteiger partial charge is 0.478 e. The van der Waals surface area contributed by atoms with Crippen molar-refractivity contribution in [2.75, 3.05) is 0 Å². The summed E-state index contributed by atoms with van der Waals surface area (Å²) in [5, 5.41) is 18.0. The number of halogens is 6. The highest BCUT2D eigenvalue weighted by molar-refractivity contribution is 6.03. The molecule has 0 unspecified atom stereocenters. The molecule has 2 aromatic carbocycles. The Morgan fingerprint density at radius 1 is 0.815 bits per heavy atom. The first-order valence-electron chi connectivity index (χ1n) is 6.88. The minimum absolute atomic E-state index is 0.128. The van der Waals surface area contributed by atoms with Crippen molar-refractivity contribution in [1.82, 2.24) is 0 Å². The maximum atomic E-state index is 13.1. The molecule has 11 heteroatoms. The maximum Gasteiger partial charge on any atom is 0.419 e. The van der Waals surface area contributed by atoms with E-state index in [0.29, 0.717) is 12.1 Å². The van der Waals surface area contributed by atoms with Gasteiger partial charge in [0, 0.05) is 0 Å². The Balaban J connectivity index is 2.69. The van der Waals surface area contributed by atoms with Crippen LogP contribution in [0.2, 0.25) is 0 Å². The summed E-state index contributed by atoms with van der Waals surface area (Å²) in [7, 11) is 0. The molecular formula is C16H8F6O5. The standard InChI is InChI=1S/C16H8F6O5/c17-15(18,19)9-3-1-2-4-11(9)27-7-5-8(13(23)24)12(14(25)26)10(6-7)16(20,21)22/h1-6H,(H,23,24)(H,25,26). The number of rotatable bonds is 4. The third kappa shape index (κ3) is 4.30. The van der Waals surface area contributed by atoms with Crippen molar-refractivity contribution in [3.63, 3.8) is 0 Å². The molecule has 144 valence electrons. The van der Waals surface area contributed by atoms with Crippen molar-refractivity contribution in [3.8, 4) is 11.5 Å². The van der Waals surface area contributed by atoms with Gasteiger partial charge < -0.3 is 14.9 Å². The van der Waals surface area contributed by atoms with Crippen LogP contribution in [-0.2, 0) is 12.4 Å². The molecule has 0 bridgehead atoms.